The molecule has 2 fully saturated rings. The molecule has 3 rings (SSSR count). The van der Waals surface area contributed by atoms with Gasteiger partial charge in [0, 0.05) is 20.1 Å². The second-order valence-corrected chi connectivity index (χ2v) is 8.39. The van der Waals surface area contributed by atoms with Crippen molar-refractivity contribution in [2.75, 3.05) is 36.1 Å². The molecule has 25 heavy (non-hydrogen) atoms. The summed E-state index contributed by atoms with van der Waals surface area (Å²) in [5, 5.41) is 6.39. The number of para-hydroxylation sites is 1. The van der Waals surface area contributed by atoms with Crippen LogP contribution < -0.4 is 21.3 Å². The van der Waals surface area contributed by atoms with Gasteiger partial charge in [-0.05, 0) is 58.1 Å². The van der Waals surface area contributed by atoms with Crippen LogP contribution in [0, 0.1) is 5.92 Å². The van der Waals surface area contributed by atoms with Crippen LogP contribution in [-0.2, 0) is 4.74 Å². The van der Waals surface area contributed by atoms with Gasteiger partial charge in [-0.25, -0.2) is 4.79 Å². The number of fused-ring (bicyclic) bond motifs is 2. The Morgan fingerprint density at radius 3 is 2.84 bits per heavy atom. The van der Waals surface area contributed by atoms with Crippen molar-refractivity contribution >= 4 is 23.2 Å². The van der Waals surface area contributed by atoms with E-state index in [0.29, 0.717) is 5.92 Å². The highest BCUT2D eigenvalue weighted by Crippen LogP contribution is 2.43. The predicted octanol–water partition coefficient (Wildman–Crippen LogP) is 3.19. The molecular formula is C19H30N4O2. The minimum atomic E-state index is -0.486. The van der Waals surface area contributed by atoms with Gasteiger partial charge in [-0.3, -0.25) is 0 Å². The van der Waals surface area contributed by atoms with Crippen molar-refractivity contribution in [3.63, 3.8) is 0 Å². The van der Waals surface area contributed by atoms with Crippen molar-refractivity contribution in [3.8, 4) is 0 Å². The van der Waals surface area contributed by atoms with E-state index < -0.39 is 5.60 Å². The standard InChI is InChI=1S/C19H30N4O2/c1-18(2,3)25-17(24)22-19-9-8-13(10-19)11-23(12-19)15-7-5-6-14(20)16(15)21-4/h5-7,13,21H,8-12,20H2,1-4H3,(H,22,24). The smallest absolute Gasteiger partial charge is 0.408 e. The molecule has 1 aliphatic carbocycles. The molecule has 2 bridgehead atoms. The summed E-state index contributed by atoms with van der Waals surface area (Å²) in [5.74, 6) is 0.579. The van der Waals surface area contributed by atoms with E-state index in [4.69, 9.17) is 10.5 Å². The van der Waals surface area contributed by atoms with E-state index in [1.165, 1.54) is 0 Å². The number of nitrogens with two attached hydrogens (primary N) is 1. The Hall–Kier alpha value is -2.11. The third-order valence-electron chi connectivity index (χ3n) is 5.11. The van der Waals surface area contributed by atoms with E-state index in [1.807, 2.05) is 40.0 Å². The number of nitrogens with one attached hydrogen (secondary N) is 2. The zero-order chi connectivity index (χ0) is 18.2. The zero-order valence-corrected chi connectivity index (χ0v) is 15.7. The second kappa shape index (κ2) is 6.32. The Bertz CT molecular complexity index is 655. The highest BCUT2D eigenvalue weighted by molar-refractivity contribution is 5.82. The maximum atomic E-state index is 12.3. The first-order chi connectivity index (χ1) is 11.7. The van der Waals surface area contributed by atoms with Crippen molar-refractivity contribution < 1.29 is 9.53 Å². The van der Waals surface area contributed by atoms with E-state index in [1.54, 1.807) is 0 Å². The number of nitrogen functional groups attached to an aromatic ring is 1. The lowest BCUT2D eigenvalue weighted by Gasteiger charge is -2.42. The van der Waals surface area contributed by atoms with E-state index in [-0.39, 0.29) is 11.6 Å². The van der Waals surface area contributed by atoms with Gasteiger partial charge in [-0.1, -0.05) is 6.07 Å². The van der Waals surface area contributed by atoms with Crippen LogP contribution in [0.4, 0.5) is 21.9 Å². The van der Waals surface area contributed by atoms with Crippen molar-refractivity contribution in [1.29, 1.82) is 0 Å². The van der Waals surface area contributed by atoms with Gasteiger partial charge in [0.2, 0.25) is 0 Å². The van der Waals surface area contributed by atoms with Crippen molar-refractivity contribution in [2.24, 2.45) is 5.92 Å². The third kappa shape index (κ3) is 3.78. The van der Waals surface area contributed by atoms with E-state index in [9.17, 15) is 4.79 Å². The fourth-order valence-electron chi connectivity index (χ4n) is 4.23. The average molecular weight is 346 g/mol. The molecule has 1 amide bonds. The fourth-order valence-corrected chi connectivity index (χ4v) is 4.23. The number of nitrogens with zero attached hydrogens (tertiary/aromatic N) is 1. The topological polar surface area (TPSA) is 79.6 Å². The number of rotatable bonds is 3. The average Bonchev–Trinajstić information content (AvgIpc) is 2.79. The predicted molar refractivity (Wildman–Crippen MR) is 102 cm³/mol. The number of amides is 1. The lowest BCUT2D eigenvalue weighted by Crippen LogP contribution is -2.58. The van der Waals surface area contributed by atoms with Crippen molar-refractivity contribution in [1.82, 2.24) is 5.32 Å². The van der Waals surface area contributed by atoms with Crippen molar-refractivity contribution in [3.05, 3.63) is 18.2 Å². The summed E-state index contributed by atoms with van der Waals surface area (Å²) in [6.07, 6.45) is 2.81. The van der Waals surface area contributed by atoms with E-state index in [0.717, 1.165) is 49.4 Å². The molecule has 1 saturated carbocycles. The summed E-state index contributed by atoms with van der Waals surface area (Å²) in [4.78, 5) is 14.7. The quantitative estimate of drug-likeness (QED) is 0.733. The molecule has 1 saturated heterocycles. The summed E-state index contributed by atoms with van der Waals surface area (Å²) < 4.78 is 5.49. The molecule has 0 spiro atoms. The highest BCUT2D eigenvalue weighted by atomic mass is 16.6. The molecule has 6 heteroatoms. The molecule has 0 aromatic heterocycles. The van der Waals surface area contributed by atoms with Gasteiger partial charge in [0.1, 0.15) is 5.60 Å². The lowest BCUT2D eigenvalue weighted by atomic mass is 9.90. The summed E-state index contributed by atoms with van der Waals surface area (Å²) in [6.45, 7) is 7.44. The van der Waals surface area contributed by atoms with E-state index in [2.05, 4.69) is 21.6 Å². The number of hydrogen-bond donors (Lipinski definition) is 3. The van der Waals surface area contributed by atoms with Crippen LogP contribution in [0.3, 0.4) is 0 Å². The summed E-state index contributed by atoms with van der Waals surface area (Å²) in [5.41, 5.74) is 8.22. The molecular weight excluding hydrogens is 316 g/mol. The molecule has 2 aliphatic rings. The first kappa shape index (κ1) is 17.7. The van der Waals surface area contributed by atoms with Gasteiger partial charge in [-0.2, -0.15) is 0 Å². The number of hydrogen-bond acceptors (Lipinski definition) is 5. The van der Waals surface area contributed by atoms with Crippen molar-refractivity contribution in [2.45, 2.75) is 51.2 Å². The largest absolute Gasteiger partial charge is 0.444 e. The molecule has 1 aromatic carbocycles. The first-order valence-electron chi connectivity index (χ1n) is 9.04. The van der Waals surface area contributed by atoms with Crippen LogP contribution >= 0.6 is 0 Å². The summed E-state index contributed by atoms with van der Waals surface area (Å²) in [7, 11) is 1.89. The van der Waals surface area contributed by atoms with Crippen LogP contribution in [0.2, 0.25) is 0 Å². The van der Waals surface area contributed by atoms with E-state index >= 15 is 0 Å². The minimum absolute atomic E-state index is 0.221. The number of carbonyl (C=O) groups is 1. The lowest BCUT2D eigenvalue weighted by molar-refractivity contribution is 0.0452. The summed E-state index contributed by atoms with van der Waals surface area (Å²) in [6, 6.07) is 5.98. The Kier molecular flexibility index (Phi) is 4.47. The molecule has 1 aliphatic heterocycles. The molecule has 2 atom stereocenters. The Morgan fingerprint density at radius 2 is 2.16 bits per heavy atom. The summed E-state index contributed by atoms with van der Waals surface area (Å²) >= 11 is 0. The number of benzene rings is 1. The number of carbonyl (C=O) groups excluding carboxylic acids is 1. The monoisotopic (exact) mass is 346 g/mol. The normalized spacial score (nSPS) is 25.6. The van der Waals surface area contributed by atoms with Crippen LogP contribution in [0.1, 0.15) is 40.0 Å². The molecule has 138 valence electrons. The zero-order valence-electron chi connectivity index (χ0n) is 15.7. The second-order valence-electron chi connectivity index (χ2n) is 8.39. The van der Waals surface area contributed by atoms with Gasteiger partial charge in [0.25, 0.3) is 0 Å². The van der Waals surface area contributed by atoms with Gasteiger partial charge in [0.05, 0.1) is 22.6 Å². The number of ether oxygens (including phenoxy) is 1. The van der Waals surface area contributed by atoms with Gasteiger partial charge >= 0.3 is 6.09 Å². The van der Waals surface area contributed by atoms with Gasteiger partial charge in [-0.15, -0.1) is 0 Å². The minimum Gasteiger partial charge on any atom is -0.444 e. The fraction of sp³-hybridized carbons (Fsp3) is 0.632. The molecule has 4 N–H and O–H groups in total. The molecule has 6 nitrogen and oxygen atoms in total. The SMILES string of the molecule is CNc1c(N)cccc1N1CC2CCC(NC(=O)OC(C)(C)C)(C2)C1. The van der Waals surface area contributed by atoms with Gasteiger partial charge in [0.15, 0.2) is 0 Å². The van der Waals surface area contributed by atoms with Crippen LogP contribution in [0.15, 0.2) is 18.2 Å². The Morgan fingerprint density at radius 1 is 1.40 bits per heavy atom. The molecule has 2 unspecified atom stereocenters. The maximum Gasteiger partial charge on any atom is 0.408 e. The highest BCUT2D eigenvalue weighted by Gasteiger charge is 2.47. The van der Waals surface area contributed by atoms with Gasteiger partial charge < -0.3 is 26.0 Å². The maximum absolute atomic E-state index is 12.3. The molecule has 1 aromatic rings. The number of alkyl carbamates (subject to hydrolysis) is 1. The van der Waals surface area contributed by atoms with Crippen LogP contribution in [-0.4, -0.2) is 37.4 Å². The Balaban J connectivity index is 1.80. The first-order valence-corrected chi connectivity index (χ1v) is 9.04. The third-order valence-corrected chi connectivity index (χ3v) is 5.11. The molecule has 1 heterocycles. The molecule has 0 radical (unpaired) electrons. The number of piperidine rings is 1. The number of anilines is 3. The van der Waals surface area contributed by atoms with Crippen LogP contribution in [0.5, 0.6) is 0 Å². The Labute approximate surface area is 150 Å². The van der Waals surface area contributed by atoms with Crippen LogP contribution in [0.25, 0.3) is 0 Å².